The standard InChI is InChI=1S/C21H27FN2O5S/c1-4-5-10-24(11-12-29-3)18-13-16(21(25)26)14-19(30(27,28)23-2)20(18)15-6-8-17(22)9-7-15/h6-9,13-14,23H,4-5,10-12H2,1-3H3,(H,25,26). The number of hydrogen-bond donors (Lipinski definition) is 2. The lowest BCUT2D eigenvalue weighted by Crippen LogP contribution is -2.30. The highest BCUT2D eigenvalue weighted by molar-refractivity contribution is 7.89. The molecule has 0 radical (unpaired) electrons. The van der Waals surface area contributed by atoms with Crippen LogP contribution in [0, 0.1) is 5.82 Å². The maximum absolute atomic E-state index is 13.5. The Morgan fingerprint density at radius 3 is 2.40 bits per heavy atom. The van der Waals surface area contributed by atoms with E-state index in [9.17, 15) is 22.7 Å². The Hall–Kier alpha value is -2.49. The minimum absolute atomic E-state index is 0.149. The summed E-state index contributed by atoms with van der Waals surface area (Å²) in [6.07, 6.45) is 1.72. The fraction of sp³-hybridized carbons (Fsp3) is 0.381. The SMILES string of the molecule is CCCCN(CCOC)c1cc(C(=O)O)cc(S(=O)(=O)NC)c1-c1ccc(F)cc1. The molecule has 0 unspecified atom stereocenters. The fourth-order valence-corrected chi connectivity index (χ4v) is 4.10. The minimum atomic E-state index is -4.01. The Bertz CT molecular complexity index is 970. The molecule has 0 heterocycles. The molecule has 2 aromatic carbocycles. The van der Waals surface area contributed by atoms with Crippen molar-refractivity contribution in [2.24, 2.45) is 0 Å². The summed E-state index contributed by atoms with van der Waals surface area (Å²) in [5, 5.41) is 9.60. The summed E-state index contributed by atoms with van der Waals surface area (Å²) in [4.78, 5) is 13.5. The molecule has 9 heteroatoms. The molecule has 0 amide bonds. The van der Waals surface area contributed by atoms with Crippen LogP contribution in [-0.4, -0.2) is 53.3 Å². The molecule has 2 aromatic rings. The molecule has 0 aromatic heterocycles. The molecule has 0 fully saturated rings. The van der Waals surface area contributed by atoms with Crippen LogP contribution in [0.3, 0.4) is 0 Å². The summed E-state index contributed by atoms with van der Waals surface area (Å²) in [6, 6.07) is 8.04. The van der Waals surface area contributed by atoms with Gasteiger partial charge in [-0.05, 0) is 43.3 Å². The number of sulfonamides is 1. The van der Waals surface area contributed by atoms with Crippen LogP contribution >= 0.6 is 0 Å². The number of unbranched alkanes of at least 4 members (excludes halogenated alkanes) is 1. The number of aromatic carboxylic acids is 1. The van der Waals surface area contributed by atoms with E-state index < -0.39 is 21.8 Å². The van der Waals surface area contributed by atoms with Crippen molar-refractivity contribution in [3.8, 4) is 11.1 Å². The third kappa shape index (κ3) is 5.56. The average Bonchev–Trinajstić information content (AvgIpc) is 2.73. The van der Waals surface area contributed by atoms with Crippen molar-refractivity contribution in [2.45, 2.75) is 24.7 Å². The number of hydrogen-bond acceptors (Lipinski definition) is 5. The molecule has 2 rings (SSSR count). The average molecular weight is 439 g/mol. The number of anilines is 1. The summed E-state index contributed by atoms with van der Waals surface area (Å²) in [6.45, 7) is 3.42. The van der Waals surface area contributed by atoms with Gasteiger partial charge in [-0.2, -0.15) is 0 Å². The van der Waals surface area contributed by atoms with Crippen LogP contribution in [0.25, 0.3) is 11.1 Å². The van der Waals surface area contributed by atoms with E-state index in [1.807, 2.05) is 11.8 Å². The van der Waals surface area contributed by atoms with Crippen LogP contribution in [0.2, 0.25) is 0 Å². The lowest BCUT2D eigenvalue weighted by molar-refractivity contribution is 0.0696. The van der Waals surface area contributed by atoms with E-state index >= 15 is 0 Å². The zero-order valence-corrected chi connectivity index (χ0v) is 18.1. The third-order valence-electron chi connectivity index (χ3n) is 4.71. The number of nitrogens with one attached hydrogen (secondary N) is 1. The Morgan fingerprint density at radius 1 is 1.20 bits per heavy atom. The lowest BCUT2D eigenvalue weighted by Gasteiger charge is -2.29. The maximum Gasteiger partial charge on any atom is 0.335 e. The number of methoxy groups -OCH3 is 1. The van der Waals surface area contributed by atoms with Crippen LogP contribution < -0.4 is 9.62 Å². The summed E-state index contributed by atoms with van der Waals surface area (Å²) in [5.74, 6) is -1.70. The molecule has 0 saturated heterocycles. The topological polar surface area (TPSA) is 95.9 Å². The van der Waals surface area contributed by atoms with E-state index in [1.54, 1.807) is 7.11 Å². The predicted octanol–water partition coefficient (Wildman–Crippen LogP) is 3.35. The van der Waals surface area contributed by atoms with Gasteiger partial charge in [-0.1, -0.05) is 25.5 Å². The number of ether oxygens (including phenoxy) is 1. The molecule has 0 aliphatic heterocycles. The molecule has 7 nitrogen and oxygen atoms in total. The fourth-order valence-electron chi connectivity index (χ4n) is 3.11. The second kappa shape index (κ2) is 10.5. The Balaban J connectivity index is 2.87. The Labute approximate surface area is 176 Å². The van der Waals surface area contributed by atoms with Crippen LogP contribution in [-0.2, 0) is 14.8 Å². The maximum atomic E-state index is 13.5. The largest absolute Gasteiger partial charge is 0.478 e. The first-order chi connectivity index (χ1) is 14.2. The molecular formula is C21H27FN2O5S. The summed E-state index contributed by atoms with van der Waals surface area (Å²) >= 11 is 0. The van der Waals surface area contributed by atoms with E-state index in [0.29, 0.717) is 36.5 Å². The molecule has 0 aliphatic carbocycles. The summed E-state index contributed by atoms with van der Waals surface area (Å²) in [7, 11) is -1.19. The third-order valence-corrected chi connectivity index (χ3v) is 6.15. The molecule has 0 atom stereocenters. The molecule has 0 bridgehead atoms. The van der Waals surface area contributed by atoms with Gasteiger partial charge < -0.3 is 14.7 Å². The van der Waals surface area contributed by atoms with E-state index in [0.717, 1.165) is 18.9 Å². The minimum Gasteiger partial charge on any atom is -0.478 e. The molecule has 0 spiro atoms. The van der Waals surface area contributed by atoms with Gasteiger partial charge in [0.2, 0.25) is 10.0 Å². The second-order valence-corrected chi connectivity index (χ2v) is 8.58. The van der Waals surface area contributed by atoms with E-state index in [2.05, 4.69) is 4.72 Å². The van der Waals surface area contributed by atoms with Crippen LogP contribution in [0.5, 0.6) is 0 Å². The second-order valence-electron chi connectivity index (χ2n) is 6.72. The van der Waals surface area contributed by atoms with Crippen LogP contribution in [0.15, 0.2) is 41.3 Å². The van der Waals surface area contributed by atoms with Crippen molar-refractivity contribution in [2.75, 3.05) is 38.8 Å². The quantitative estimate of drug-likeness (QED) is 0.559. The number of carbonyl (C=O) groups is 1. The normalized spacial score (nSPS) is 11.5. The lowest BCUT2D eigenvalue weighted by atomic mass is 9.99. The first kappa shape index (κ1) is 23.8. The predicted molar refractivity (Wildman–Crippen MR) is 114 cm³/mol. The van der Waals surface area contributed by atoms with Gasteiger partial charge in [0.1, 0.15) is 5.82 Å². The zero-order chi connectivity index (χ0) is 22.3. The highest BCUT2D eigenvalue weighted by Crippen LogP contribution is 2.38. The van der Waals surface area contributed by atoms with Crippen molar-refractivity contribution in [3.63, 3.8) is 0 Å². The first-order valence-corrected chi connectivity index (χ1v) is 11.1. The smallest absolute Gasteiger partial charge is 0.335 e. The van der Waals surface area contributed by atoms with Gasteiger partial charge in [-0.25, -0.2) is 22.3 Å². The number of nitrogens with zero attached hydrogens (tertiary/aromatic N) is 1. The first-order valence-electron chi connectivity index (χ1n) is 9.59. The van der Waals surface area contributed by atoms with Gasteiger partial charge in [0.05, 0.1) is 17.1 Å². The number of benzene rings is 2. The molecule has 0 aliphatic rings. The van der Waals surface area contributed by atoms with Gasteiger partial charge in [-0.15, -0.1) is 0 Å². The number of rotatable bonds is 11. The van der Waals surface area contributed by atoms with Crippen molar-refractivity contribution < 1.29 is 27.4 Å². The molecule has 30 heavy (non-hydrogen) atoms. The Kier molecular flexibility index (Phi) is 8.33. The molecular weight excluding hydrogens is 411 g/mol. The van der Waals surface area contributed by atoms with Crippen LogP contribution in [0.4, 0.5) is 10.1 Å². The highest BCUT2D eigenvalue weighted by atomic mass is 32.2. The monoisotopic (exact) mass is 438 g/mol. The van der Waals surface area contributed by atoms with Crippen LogP contribution in [0.1, 0.15) is 30.1 Å². The van der Waals surface area contributed by atoms with E-state index in [1.165, 1.54) is 37.4 Å². The van der Waals surface area contributed by atoms with E-state index in [4.69, 9.17) is 4.74 Å². The van der Waals surface area contributed by atoms with Crippen molar-refractivity contribution in [1.82, 2.24) is 4.72 Å². The van der Waals surface area contributed by atoms with E-state index in [-0.39, 0.29) is 10.5 Å². The number of halogens is 1. The summed E-state index contributed by atoms with van der Waals surface area (Å²) < 4.78 is 46.6. The van der Waals surface area contributed by atoms with Crippen molar-refractivity contribution in [1.29, 1.82) is 0 Å². The Morgan fingerprint density at radius 2 is 1.87 bits per heavy atom. The van der Waals surface area contributed by atoms with Gasteiger partial charge in [0.25, 0.3) is 0 Å². The van der Waals surface area contributed by atoms with Crippen molar-refractivity contribution >= 4 is 21.7 Å². The van der Waals surface area contributed by atoms with Gasteiger partial charge in [-0.3, -0.25) is 0 Å². The summed E-state index contributed by atoms with van der Waals surface area (Å²) in [5.41, 5.74) is 1.09. The number of carboxylic acids is 1. The van der Waals surface area contributed by atoms with Crippen molar-refractivity contribution in [3.05, 3.63) is 47.8 Å². The van der Waals surface area contributed by atoms with Gasteiger partial charge >= 0.3 is 5.97 Å². The highest BCUT2D eigenvalue weighted by Gasteiger charge is 2.26. The molecule has 164 valence electrons. The number of carboxylic acid groups (broad SMARTS) is 1. The molecule has 2 N–H and O–H groups in total. The zero-order valence-electron chi connectivity index (χ0n) is 17.3. The van der Waals surface area contributed by atoms with Gasteiger partial charge in [0, 0.05) is 31.5 Å². The van der Waals surface area contributed by atoms with Gasteiger partial charge in [0.15, 0.2) is 0 Å². The molecule has 0 saturated carbocycles.